The van der Waals surface area contributed by atoms with Crippen LogP contribution in [0.3, 0.4) is 0 Å². The SMILES string of the molecule is C=Cc1c(C)c2cc3nc(c(CC(=O)OC)c4nc(cc5[nH]c(cc1[nH]2)c(C)c5CC)C(C)=C4C(=O)NCCCCCO)C(CCC(=O)OC/C=C(\C)CCCC(C)CCCC(C)CCCC(C)C)C3C. The van der Waals surface area contributed by atoms with Crippen LogP contribution < -0.4 is 5.32 Å². The van der Waals surface area contributed by atoms with Crippen molar-refractivity contribution in [3.8, 4) is 0 Å². The van der Waals surface area contributed by atoms with Crippen LogP contribution in [0.15, 0.2) is 36.4 Å². The summed E-state index contributed by atoms with van der Waals surface area (Å²) in [5.74, 6) is 0.694. The first-order valence-electron chi connectivity index (χ1n) is 26.9. The standard InChI is InChI=1S/C60H87N5O6/c1-13-45-41(8)49-34-51-43(10)47(27-28-55(67)71-32-29-40(7)26-20-25-39(6)24-19-23-38(5)22-18-21-37(3)4)58(64-51)48(33-56(68)70-12)59-57(60(69)61-30-16-15-17-31-66)44(11)52(65-59)36-54-46(14-2)42(9)50(63-54)35-53(45)62-49/h13,29,34-39,43,47,62-63,66H,1,14-28,30-33H2,2-12H3,(H,61,69)/b40-29+,49-34?,50-35?,51-34?,52-36?,53-35?,54-36?,58-48?,59-48?. The zero-order chi connectivity index (χ0) is 51.8. The van der Waals surface area contributed by atoms with Gasteiger partial charge in [-0.15, -0.1) is 0 Å². The van der Waals surface area contributed by atoms with Crippen LogP contribution in [0.2, 0.25) is 0 Å². The number of aromatic amines is 2. The lowest BCUT2D eigenvalue weighted by Crippen LogP contribution is -2.26. The monoisotopic (exact) mass is 974 g/mol. The molecule has 3 aromatic rings. The Morgan fingerprint density at radius 2 is 1.49 bits per heavy atom. The van der Waals surface area contributed by atoms with Gasteiger partial charge in [0, 0.05) is 70.3 Å². The van der Waals surface area contributed by atoms with Gasteiger partial charge in [-0.3, -0.25) is 19.4 Å². The van der Waals surface area contributed by atoms with E-state index in [1.165, 1.54) is 57.6 Å². The molecule has 4 unspecified atom stereocenters. The molecule has 0 spiro atoms. The number of ether oxygens (including phenoxy) is 2. The molecule has 11 heteroatoms. The Bertz CT molecular complexity index is 2560. The highest BCUT2D eigenvalue weighted by Crippen LogP contribution is 2.44. The van der Waals surface area contributed by atoms with E-state index in [-0.39, 0.29) is 49.8 Å². The average Bonchev–Trinajstić information content (AvgIpc) is 4.02. The number of aromatic nitrogens is 4. The maximum Gasteiger partial charge on any atom is 0.310 e. The van der Waals surface area contributed by atoms with Crippen molar-refractivity contribution in [1.82, 2.24) is 25.3 Å². The fourth-order valence-electron chi connectivity index (χ4n) is 10.5. The van der Waals surface area contributed by atoms with Crippen LogP contribution in [0, 0.1) is 31.6 Å². The number of aliphatic hydroxyl groups is 1. The highest BCUT2D eigenvalue weighted by molar-refractivity contribution is 6.27. The van der Waals surface area contributed by atoms with E-state index in [0.29, 0.717) is 65.5 Å². The molecule has 0 aliphatic carbocycles. The molecule has 4 atom stereocenters. The number of aliphatic hydroxyl groups excluding tert-OH is 1. The second-order valence-corrected chi connectivity index (χ2v) is 21.1. The highest BCUT2D eigenvalue weighted by Gasteiger charge is 2.36. The Morgan fingerprint density at radius 3 is 2.15 bits per heavy atom. The third-order valence-electron chi connectivity index (χ3n) is 15.1. The van der Waals surface area contributed by atoms with Crippen LogP contribution in [-0.2, 0) is 36.7 Å². The molecule has 11 nitrogen and oxygen atoms in total. The van der Waals surface area contributed by atoms with Crippen molar-refractivity contribution < 1.29 is 29.0 Å². The van der Waals surface area contributed by atoms with Crippen molar-refractivity contribution in [1.29, 1.82) is 0 Å². The summed E-state index contributed by atoms with van der Waals surface area (Å²) in [7, 11) is 1.35. The number of hydrogen-bond acceptors (Lipinski definition) is 8. The molecule has 5 rings (SSSR count). The highest BCUT2D eigenvalue weighted by atomic mass is 16.5. The maximum atomic E-state index is 14.4. The molecular weight excluding hydrogens is 887 g/mol. The largest absolute Gasteiger partial charge is 0.469 e. The molecule has 71 heavy (non-hydrogen) atoms. The molecule has 0 saturated carbocycles. The number of unbranched alkanes of at least 4 members (excludes halogenated alkanes) is 2. The van der Waals surface area contributed by atoms with Gasteiger partial charge in [0.1, 0.15) is 6.61 Å². The summed E-state index contributed by atoms with van der Waals surface area (Å²) >= 11 is 0. The smallest absolute Gasteiger partial charge is 0.310 e. The number of methoxy groups -OCH3 is 1. The lowest BCUT2D eigenvalue weighted by molar-refractivity contribution is -0.143. The summed E-state index contributed by atoms with van der Waals surface area (Å²) < 4.78 is 11.2. The number of aryl methyl sites for hydroxylation is 3. The number of esters is 2. The number of H-pyrrole nitrogens is 2. The van der Waals surface area contributed by atoms with Gasteiger partial charge in [0.2, 0.25) is 0 Å². The van der Waals surface area contributed by atoms with Gasteiger partial charge in [0.05, 0.1) is 36.2 Å². The van der Waals surface area contributed by atoms with Crippen LogP contribution in [0.4, 0.5) is 0 Å². The van der Waals surface area contributed by atoms with E-state index in [2.05, 4.69) is 96.3 Å². The third-order valence-corrected chi connectivity index (χ3v) is 15.1. The van der Waals surface area contributed by atoms with Crippen molar-refractivity contribution >= 4 is 57.1 Å². The fraction of sp³-hybridized carbons (Fsp3) is 0.583. The van der Waals surface area contributed by atoms with Crippen molar-refractivity contribution in [2.75, 3.05) is 26.9 Å². The summed E-state index contributed by atoms with van der Waals surface area (Å²) in [5.41, 5.74) is 13.0. The van der Waals surface area contributed by atoms with Gasteiger partial charge in [-0.25, -0.2) is 4.98 Å². The van der Waals surface area contributed by atoms with E-state index in [9.17, 15) is 19.5 Å². The summed E-state index contributed by atoms with van der Waals surface area (Å²) in [6.45, 7) is 26.7. The normalized spacial score (nSPS) is 15.8. The van der Waals surface area contributed by atoms with Gasteiger partial charge in [0.15, 0.2) is 0 Å². The second kappa shape index (κ2) is 27.5. The summed E-state index contributed by atoms with van der Waals surface area (Å²) in [6, 6.07) is 6.17. The number of amides is 1. The fourth-order valence-corrected chi connectivity index (χ4v) is 10.5. The summed E-state index contributed by atoms with van der Waals surface area (Å²) in [6.07, 6.45) is 18.4. The van der Waals surface area contributed by atoms with Crippen LogP contribution in [0.1, 0.15) is 208 Å². The van der Waals surface area contributed by atoms with Crippen molar-refractivity contribution in [3.05, 3.63) is 87.0 Å². The third kappa shape index (κ3) is 15.4. The number of nitrogens with one attached hydrogen (secondary N) is 3. The van der Waals surface area contributed by atoms with Gasteiger partial charge < -0.3 is 29.9 Å². The Labute approximate surface area is 425 Å². The van der Waals surface area contributed by atoms with Gasteiger partial charge in [-0.2, -0.15) is 0 Å². The molecule has 0 fully saturated rings. The second-order valence-electron chi connectivity index (χ2n) is 21.1. The minimum atomic E-state index is -0.495. The van der Waals surface area contributed by atoms with Crippen molar-refractivity contribution in [2.24, 2.45) is 17.8 Å². The minimum Gasteiger partial charge on any atom is -0.469 e. The molecule has 4 N–H and O–H groups in total. The Morgan fingerprint density at radius 1 is 0.817 bits per heavy atom. The number of carbonyl (C=O) groups is 3. The Balaban J connectivity index is 1.47. The number of carbonyl (C=O) groups excluding carboxylic acids is 3. The summed E-state index contributed by atoms with van der Waals surface area (Å²) in [4.78, 5) is 59.5. The van der Waals surface area contributed by atoms with Crippen LogP contribution >= 0.6 is 0 Å². The van der Waals surface area contributed by atoms with Gasteiger partial charge in [-0.1, -0.05) is 105 Å². The molecule has 5 heterocycles. The lowest BCUT2D eigenvalue weighted by atomic mass is 9.84. The van der Waals surface area contributed by atoms with Crippen LogP contribution in [0.5, 0.6) is 0 Å². The zero-order valence-corrected chi connectivity index (χ0v) is 45.3. The Kier molecular flexibility index (Phi) is 21.9. The lowest BCUT2D eigenvalue weighted by Gasteiger charge is -2.19. The van der Waals surface area contributed by atoms with E-state index in [1.807, 2.05) is 25.1 Å². The molecule has 8 bridgehead atoms. The quantitative estimate of drug-likeness (QED) is 0.0334. The van der Waals surface area contributed by atoms with E-state index in [4.69, 9.17) is 19.4 Å². The van der Waals surface area contributed by atoms with E-state index < -0.39 is 5.97 Å². The van der Waals surface area contributed by atoms with Gasteiger partial charge >= 0.3 is 11.9 Å². The topological polar surface area (TPSA) is 159 Å². The van der Waals surface area contributed by atoms with E-state index in [1.54, 1.807) is 0 Å². The number of fused-ring (bicyclic) bond motifs is 8. The molecule has 388 valence electrons. The van der Waals surface area contributed by atoms with Gasteiger partial charge in [-0.05, 0) is 137 Å². The zero-order valence-electron chi connectivity index (χ0n) is 45.3. The van der Waals surface area contributed by atoms with E-state index in [0.717, 1.165) is 87.5 Å². The van der Waals surface area contributed by atoms with Gasteiger partial charge in [0.25, 0.3) is 5.91 Å². The molecule has 0 saturated heterocycles. The number of nitrogens with zero attached hydrogens (tertiary/aromatic N) is 2. The predicted octanol–water partition coefficient (Wildman–Crippen LogP) is 13.7. The molecular formula is C60H87N5O6. The summed E-state index contributed by atoms with van der Waals surface area (Å²) in [5, 5.41) is 12.5. The van der Waals surface area contributed by atoms with Crippen LogP contribution in [0.25, 0.3) is 39.3 Å². The number of allylic oxidation sites excluding steroid dienone is 2. The molecule has 1 amide bonds. The molecule has 0 aromatic carbocycles. The first-order valence-corrected chi connectivity index (χ1v) is 26.9. The number of hydrogen-bond donors (Lipinski definition) is 4. The molecule has 2 aliphatic rings. The molecule has 2 aliphatic heterocycles. The predicted molar refractivity (Wildman–Crippen MR) is 292 cm³/mol. The maximum absolute atomic E-state index is 14.4. The Hall–Kier alpha value is -5.29. The molecule has 3 aromatic heterocycles. The number of rotatable bonds is 27. The first-order chi connectivity index (χ1) is 34.0. The first kappa shape index (κ1) is 56.6. The minimum absolute atomic E-state index is 0.0944. The van der Waals surface area contributed by atoms with E-state index >= 15 is 0 Å². The van der Waals surface area contributed by atoms with Crippen molar-refractivity contribution in [3.63, 3.8) is 0 Å². The van der Waals surface area contributed by atoms with Crippen molar-refractivity contribution in [2.45, 2.75) is 184 Å². The molecule has 0 radical (unpaired) electrons. The average molecular weight is 974 g/mol. The van der Waals surface area contributed by atoms with Crippen LogP contribution in [-0.4, -0.2) is 69.8 Å².